The Hall–Kier alpha value is -0.570. The topological polar surface area (TPSA) is 60.0 Å². The number of hydrogen-bond acceptors (Lipinski definition) is 3. The number of nitrogens with zero attached hydrogens (tertiary/aromatic N) is 3. The van der Waals surface area contributed by atoms with Crippen LogP contribution in [-0.4, -0.2) is 73.0 Å². The Bertz CT molecular complexity index is 450. The van der Waals surface area contributed by atoms with Crippen LogP contribution in [0, 0.1) is 0 Å². The third kappa shape index (κ3) is 8.98. The molecule has 2 aliphatic heterocycles. The largest absolute Gasteiger partial charge is 0.357 e. The van der Waals surface area contributed by atoms with Crippen molar-refractivity contribution in [1.82, 2.24) is 20.4 Å². The first kappa shape index (κ1) is 24.5. The molecule has 27 heavy (non-hydrogen) atoms. The average molecular weight is 493 g/mol. The predicted molar refractivity (Wildman–Crippen MR) is 124 cm³/mol. The second-order valence-corrected chi connectivity index (χ2v) is 7.85. The van der Waals surface area contributed by atoms with Gasteiger partial charge in [0.2, 0.25) is 5.91 Å². The highest BCUT2D eigenvalue weighted by Crippen LogP contribution is 2.13. The van der Waals surface area contributed by atoms with Crippen LogP contribution in [-0.2, 0) is 4.79 Å². The number of nitrogens with one attached hydrogen (secondary N) is 2. The van der Waals surface area contributed by atoms with Crippen molar-refractivity contribution in [2.75, 3.05) is 39.3 Å². The molecule has 0 radical (unpaired) electrons. The van der Waals surface area contributed by atoms with Gasteiger partial charge >= 0.3 is 0 Å². The van der Waals surface area contributed by atoms with Crippen LogP contribution in [0.25, 0.3) is 0 Å². The van der Waals surface area contributed by atoms with E-state index in [1.807, 2.05) is 4.90 Å². The van der Waals surface area contributed by atoms with Gasteiger partial charge in [-0.25, -0.2) is 0 Å². The summed E-state index contributed by atoms with van der Waals surface area (Å²) in [6, 6.07) is 1.15. The molecule has 7 heteroatoms. The fourth-order valence-electron chi connectivity index (χ4n) is 3.80. The lowest BCUT2D eigenvalue weighted by Gasteiger charge is -2.35. The third-order valence-electron chi connectivity index (χ3n) is 5.47. The van der Waals surface area contributed by atoms with Gasteiger partial charge in [0.25, 0.3) is 0 Å². The van der Waals surface area contributed by atoms with Gasteiger partial charge in [0.15, 0.2) is 5.96 Å². The molecular formula is C20H40IN5O. The van der Waals surface area contributed by atoms with Gasteiger partial charge in [0.1, 0.15) is 0 Å². The lowest BCUT2D eigenvalue weighted by atomic mass is 10.0. The highest BCUT2D eigenvalue weighted by Gasteiger charge is 2.21. The van der Waals surface area contributed by atoms with Gasteiger partial charge in [-0.2, -0.15) is 0 Å². The normalized spacial score (nSPS) is 20.4. The van der Waals surface area contributed by atoms with E-state index in [9.17, 15) is 4.79 Å². The number of rotatable bonds is 7. The van der Waals surface area contributed by atoms with Crippen LogP contribution in [0.15, 0.2) is 4.99 Å². The van der Waals surface area contributed by atoms with Gasteiger partial charge in [0.05, 0.1) is 0 Å². The number of likely N-dealkylation sites (tertiary alicyclic amines) is 2. The summed E-state index contributed by atoms with van der Waals surface area (Å²) in [5, 5.41) is 6.97. The maximum Gasteiger partial charge on any atom is 0.222 e. The highest BCUT2D eigenvalue weighted by atomic mass is 127. The Labute approximate surface area is 182 Å². The number of carbonyl (C=O) groups excluding carboxylic acids is 1. The first-order chi connectivity index (χ1) is 12.6. The number of amides is 1. The standard InChI is InChI=1S/C20H39N5O.HI/c1-4-21-20(23-18-10-15-24(16-11-18)17(2)3)22-12-8-14-25-13-7-5-6-9-19(25)26;/h17-18H,4-16H2,1-3H3,(H2,21,22,23);1H. The van der Waals surface area contributed by atoms with Gasteiger partial charge in [0, 0.05) is 57.8 Å². The van der Waals surface area contributed by atoms with Crippen LogP contribution >= 0.6 is 24.0 Å². The fourth-order valence-corrected chi connectivity index (χ4v) is 3.80. The van der Waals surface area contributed by atoms with E-state index in [0.29, 0.717) is 18.0 Å². The van der Waals surface area contributed by atoms with Gasteiger partial charge in [-0.1, -0.05) is 6.42 Å². The third-order valence-corrected chi connectivity index (χ3v) is 5.47. The number of halogens is 1. The summed E-state index contributed by atoms with van der Waals surface area (Å²) in [5.74, 6) is 1.26. The molecule has 2 fully saturated rings. The maximum atomic E-state index is 12.0. The number of guanidine groups is 1. The summed E-state index contributed by atoms with van der Waals surface area (Å²) in [6.07, 6.45) is 7.39. The molecule has 2 heterocycles. The Morgan fingerprint density at radius 3 is 2.59 bits per heavy atom. The minimum Gasteiger partial charge on any atom is -0.357 e. The molecule has 0 aromatic rings. The van der Waals surface area contributed by atoms with Gasteiger partial charge in [-0.3, -0.25) is 9.79 Å². The number of carbonyl (C=O) groups is 1. The second-order valence-electron chi connectivity index (χ2n) is 7.85. The molecule has 2 N–H and O–H groups in total. The zero-order chi connectivity index (χ0) is 18.8. The Morgan fingerprint density at radius 1 is 1.19 bits per heavy atom. The molecular weight excluding hydrogens is 453 g/mol. The van der Waals surface area contributed by atoms with E-state index in [2.05, 4.69) is 36.3 Å². The summed E-state index contributed by atoms with van der Waals surface area (Å²) in [4.78, 5) is 21.4. The second kappa shape index (κ2) is 13.6. The number of hydrogen-bond donors (Lipinski definition) is 2. The van der Waals surface area contributed by atoms with Crippen LogP contribution in [0.1, 0.15) is 65.7 Å². The zero-order valence-corrected chi connectivity index (χ0v) is 19.8. The van der Waals surface area contributed by atoms with E-state index in [-0.39, 0.29) is 24.0 Å². The summed E-state index contributed by atoms with van der Waals surface area (Å²) in [7, 11) is 0. The van der Waals surface area contributed by atoms with E-state index in [4.69, 9.17) is 4.99 Å². The molecule has 0 aromatic carbocycles. The molecule has 0 spiro atoms. The molecule has 0 saturated carbocycles. The average Bonchev–Trinajstić information content (AvgIpc) is 2.83. The van der Waals surface area contributed by atoms with Gasteiger partial charge in [-0.05, 0) is 52.9 Å². The van der Waals surface area contributed by atoms with E-state index in [1.165, 1.54) is 19.3 Å². The fraction of sp³-hybridized carbons (Fsp3) is 0.900. The molecule has 0 aromatic heterocycles. The van der Waals surface area contributed by atoms with Gasteiger partial charge in [-0.15, -0.1) is 24.0 Å². The van der Waals surface area contributed by atoms with Crippen LogP contribution in [0.4, 0.5) is 0 Å². The monoisotopic (exact) mass is 493 g/mol. The summed E-state index contributed by atoms with van der Waals surface area (Å²) < 4.78 is 0. The zero-order valence-electron chi connectivity index (χ0n) is 17.5. The van der Waals surface area contributed by atoms with E-state index in [1.54, 1.807) is 0 Å². The minimum absolute atomic E-state index is 0. The minimum atomic E-state index is 0. The molecule has 2 rings (SSSR count). The van der Waals surface area contributed by atoms with Crippen molar-refractivity contribution in [1.29, 1.82) is 0 Å². The molecule has 0 bridgehead atoms. The summed E-state index contributed by atoms with van der Waals surface area (Å²) >= 11 is 0. The number of piperidine rings is 1. The molecule has 6 nitrogen and oxygen atoms in total. The van der Waals surface area contributed by atoms with Crippen molar-refractivity contribution >= 4 is 35.8 Å². The van der Waals surface area contributed by atoms with E-state index >= 15 is 0 Å². The van der Waals surface area contributed by atoms with Crippen molar-refractivity contribution in [3.8, 4) is 0 Å². The molecule has 0 atom stereocenters. The van der Waals surface area contributed by atoms with Crippen molar-refractivity contribution in [3.63, 3.8) is 0 Å². The van der Waals surface area contributed by atoms with Crippen molar-refractivity contribution < 1.29 is 4.79 Å². The lowest BCUT2D eigenvalue weighted by molar-refractivity contribution is -0.130. The first-order valence-electron chi connectivity index (χ1n) is 10.7. The van der Waals surface area contributed by atoms with Crippen LogP contribution in [0.2, 0.25) is 0 Å². The smallest absolute Gasteiger partial charge is 0.222 e. The SMILES string of the molecule is CCNC(=NCCCN1CCCCCC1=O)NC1CCN(C(C)C)CC1.I. The van der Waals surface area contributed by atoms with Crippen LogP contribution in [0.5, 0.6) is 0 Å². The van der Waals surface area contributed by atoms with Crippen molar-refractivity contribution in [2.45, 2.75) is 77.8 Å². The molecule has 1 amide bonds. The molecule has 158 valence electrons. The Kier molecular flexibility index (Phi) is 12.3. The van der Waals surface area contributed by atoms with Gasteiger partial charge < -0.3 is 20.4 Å². The Morgan fingerprint density at radius 2 is 1.93 bits per heavy atom. The number of aliphatic imine (C=N–C) groups is 1. The highest BCUT2D eigenvalue weighted by molar-refractivity contribution is 14.0. The predicted octanol–water partition coefficient (Wildman–Crippen LogP) is 2.83. The van der Waals surface area contributed by atoms with E-state index < -0.39 is 0 Å². The lowest BCUT2D eigenvalue weighted by Crippen LogP contribution is -2.49. The van der Waals surface area contributed by atoms with E-state index in [0.717, 1.165) is 70.9 Å². The summed E-state index contributed by atoms with van der Waals surface area (Å²) in [5.41, 5.74) is 0. The van der Waals surface area contributed by atoms with Crippen molar-refractivity contribution in [3.05, 3.63) is 0 Å². The van der Waals surface area contributed by atoms with Crippen LogP contribution in [0.3, 0.4) is 0 Å². The quantitative estimate of drug-likeness (QED) is 0.248. The Balaban J connectivity index is 0.00000364. The van der Waals surface area contributed by atoms with Crippen LogP contribution < -0.4 is 10.6 Å². The van der Waals surface area contributed by atoms with Crippen molar-refractivity contribution in [2.24, 2.45) is 4.99 Å². The maximum absolute atomic E-state index is 12.0. The first-order valence-corrected chi connectivity index (χ1v) is 10.7. The molecule has 0 aliphatic carbocycles. The molecule has 0 unspecified atom stereocenters. The summed E-state index contributed by atoms with van der Waals surface area (Å²) in [6.45, 7) is 12.4. The molecule has 2 saturated heterocycles. The molecule has 2 aliphatic rings.